The molecule has 0 rings (SSSR count). The van der Waals surface area contributed by atoms with Gasteiger partial charge in [0, 0.05) is 0 Å². The molecule has 0 aromatic carbocycles. The topological polar surface area (TPSA) is 44.8 Å². The van der Waals surface area contributed by atoms with Gasteiger partial charge in [-0.1, -0.05) is 27.7 Å². The Labute approximate surface area is 104 Å². The van der Waals surface area contributed by atoms with Gasteiger partial charge in [0.25, 0.3) is 0 Å². The molecular formula is C13H26O4. The van der Waals surface area contributed by atoms with E-state index in [1.807, 2.05) is 34.6 Å². The summed E-state index contributed by atoms with van der Waals surface area (Å²) in [5.41, 5.74) is -0.579. The number of hydrogen-bond donors (Lipinski definition) is 0. The molecule has 0 bridgehead atoms. The fraction of sp³-hybridized carbons (Fsp3) is 0.923. The third-order valence-corrected chi connectivity index (χ3v) is 1.99. The standard InChI is InChI=1S/C13H26O4/c1-10(2)8-13(6,7)9-11(14)15-17-16-12(3,4)5/h10H,8-9H2,1-7H3. The molecule has 17 heavy (non-hydrogen) atoms. The molecule has 0 heterocycles. The van der Waals surface area contributed by atoms with Crippen LogP contribution in [0, 0.1) is 11.3 Å². The van der Waals surface area contributed by atoms with E-state index in [0.29, 0.717) is 12.3 Å². The second-order valence-corrected chi connectivity index (χ2v) is 6.66. The summed E-state index contributed by atoms with van der Waals surface area (Å²) in [6.45, 7) is 13.8. The molecule has 0 aliphatic rings. The van der Waals surface area contributed by atoms with Gasteiger partial charge < -0.3 is 0 Å². The average Bonchev–Trinajstić information content (AvgIpc) is 1.95. The van der Waals surface area contributed by atoms with E-state index >= 15 is 0 Å². The van der Waals surface area contributed by atoms with Crippen molar-refractivity contribution >= 4 is 5.97 Å². The molecule has 0 unspecified atom stereocenters. The highest BCUT2D eigenvalue weighted by Crippen LogP contribution is 2.29. The molecule has 4 heteroatoms. The molecule has 0 saturated heterocycles. The largest absolute Gasteiger partial charge is 0.346 e. The van der Waals surface area contributed by atoms with Crippen molar-refractivity contribution in [2.75, 3.05) is 0 Å². The Kier molecular flexibility index (Phi) is 6.13. The van der Waals surface area contributed by atoms with Gasteiger partial charge in [-0.3, -0.25) is 4.89 Å². The lowest BCUT2D eigenvalue weighted by atomic mass is 9.81. The van der Waals surface area contributed by atoms with Crippen LogP contribution in [-0.2, 0) is 19.6 Å². The first-order valence-electron chi connectivity index (χ1n) is 6.07. The third kappa shape index (κ3) is 10.3. The summed E-state index contributed by atoms with van der Waals surface area (Å²) in [7, 11) is 0. The molecule has 0 aromatic heterocycles. The number of hydrogen-bond acceptors (Lipinski definition) is 4. The minimum atomic E-state index is -0.492. The molecule has 0 fully saturated rings. The van der Waals surface area contributed by atoms with Crippen LogP contribution in [0.1, 0.15) is 61.3 Å². The third-order valence-electron chi connectivity index (χ3n) is 1.99. The number of carbonyl (C=O) groups excluding carboxylic acids is 1. The minimum absolute atomic E-state index is 0.0870. The smallest absolute Gasteiger partial charge is 0.269 e. The molecule has 0 spiro atoms. The van der Waals surface area contributed by atoms with Crippen molar-refractivity contribution in [3.8, 4) is 0 Å². The molecule has 102 valence electrons. The maximum atomic E-state index is 11.5. The van der Waals surface area contributed by atoms with Crippen molar-refractivity contribution in [2.24, 2.45) is 11.3 Å². The van der Waals surface area contributed by atoms with Crippen molar-refractivity contribution in [3.05, 3.63) is 0 Å². The Balaban J connectivity index is 3.93. The Morgan fingerprint density at radius 2 is 1.65 bits per heavy atom. The summed E-state index contributed by atoms with van der Waals surface area (Å²) in [6, 6.07) is 0. The zero-order valence-electron chi connectivity index (χ0n) is 12.1. The molecule has 0 aromatic rings. The van der Waals surface area contributed by atoms with Gasteiger partial charge in [0.15, 0.2) is 0 Å². The van der Waals surface area contributed by atoms with Gasteiger partial charge in [0.1, 0.15) is 0 Å². The lowest BCUT2D eigenvalue weighted by Gasteiger charge is -2.25. The van der Waals surface area contributed by atoms with Crippen LogP contribution in [0.2, 0.25) is 0 Å². The molecule has 0 N–H and O–H groups in total. The highest BCUT2D eigenvalue weighted by Gasteiger charge is 2.25. The maximum Gasteiger partial charge on any atom is 0.346 e. The van der Waals surface area contributed by atoms with E-state index in [9.17, 15) is 4.79 Å². The second kappa shape index (κ2) is 6.36. The second-order valence-electron chi connectivity index (χ2n) is 6.66. The molecule has 0 amide bonds. The van der Waals surface area contributed by atoms with E-state index < -0.39 is 11.6 Å². The lowest BCUT2D eigenvalue weighted by Crippen LogP contribution is -2.24. The highest BCUT2D eigenvalue weighted by molar-refractivity contribution is 5.69. The molecule has 4 nitrogen and oxygen atoms in total. The highest BCUT2D eigenvalue weighted by atomic mass is 17.5. The van der Waals surface area contributed by atoms with Gasteiger partial charge in [0.2, 0.25) is 0 Å². The van der Waals surface area contributed by atoms with E-state index in [0.717, 1.165) is 6.42 Å². The molecular weight excluding hydrogens is 220 g/mol. The zero-order chi connectivity index (χ0) is 13.7. The van der Waals surface area contributed by atoms with Crippen LogP contribution < -0.4 is 0 Å². The lowest BCUT2D eigenvalue weighted by molar-refractivity contribution is -0.514. The Morgan fingerprint density at radius 3 is 2.06 bits per heavy atom. The van der Waals surface area contributed by atoms with E-state index in [1.165, 1.54) is 0 Å². The van der Waals surface area contributed by atoms with Crippen molar-refractivity contribution in [3.63, 3.8) is 0 Å². The summed E-state index contributed by atoms with van der Waals surface area (Å²) in [5, 5.41) is 4.46. The maximum absolute atomic E-state index is 11.5. The van der Waals surface area contributed by atoms with Crippen molar-refractivity contribution < 1.29 is 19.6 Å². The van der Waals surface area contributed by atoms with E-state index in [1.54, 1.807) is 0 Å². The molecule has 0 saturated carbocycles. The van der Waals surface area contributed by atoms with Gasteiger partial charge >= 0.3 is 5.97 Å². The van der Waals surface area contributed by atoms with Crippen molar-refractivity contribution in [2.45, 2.75) is 66.9 Å². The molecule has 0 radical (unpaired) electrons. The summed E-state index contributed by atoms with van der Waals surface area (Å²) in [4.78, 5) is 20.9. The normalized spacial score (nSPS) is 12.9. The first-order valence-corrected chi connectivity index (χ1v) is 6.07. The summed E-state index contributed by atoms with van der Waals surface area (Å²) in [5.74, 6) is 0.143. The summed E-state index contributed by atoms with van der Waals surface area (Å²) in [6.07, 6.45) is 1.28. The van der Waals surface area contributed by atoms with Crippen LogP contribution in [0.4, 0.5) is 0 Å². The van der Waals surface area contributed by atoms with Crippen LogP contribution >= 0.6 is 0 Å². The van der Waals surface area contributed by atoms with Crippen LogP contribution in [0.15, 0.2) is 0 Å². The monoisotopic (exact) mass is 246 g/mol. The Bertz CT molecular complexity index is 238. The fourth-order valence-corrected chi connectivity index (χ4v) is 1.75. The Hall–Kier alpha value is -0.610. The fourth-order valence-electron chi connectivity index (χ4n) is 1.75. The first kappa shape index (κ1) is 16.4. The van der Waals surface area contributed by atoms with Crippen LogP contribution in [-0.4, -0.2) is 11.6 Å². The predicted octanol–water partition coefficient (Wildman–Crippen LogP) is 3.65. The van der Waals surface area contributed by atoms with Crippen molar-refractivity contribution in [1.29, 1.82) is 0 Å². The number of carbonyl (C=O) groups is 1. The minimum Gasteiger partial charge on any atom is -0.269 e. The SMILES string of the molecule is CC(C)CC(C)(C)CC(=O)OOOC(C)(C)C. The van der Waals surface area contributed by atoms with Crippen molar-refractivity contribution in [1.82, 2.24) is 0 Å². The van der Waals surface area contributed by atoms with Gasteiger partial charge in [-0.2, -0.15) is 4.89 Å². The van der Waals surface area contributed by atoms with E-state index in [-0.39, 0.29) is 5.41 Å². The van der Waals surface area contributed by atoms with E-state index in [2.05, 4.69) is 23.8 Å². The quantitative estimate of drug-likeness (QED) is 0.530. The summed E-state index contributed by atoms with van der Waals surface area (Å²) < 4.78 is 0. The Morgan fingerprint density at radius 1 is 1.12 bits per heavy atom. The first-order chi connectivity index (χ1) is 7.52. The zero-order valence-corrected chi connectivity index (χ0v) is 12.1. The van der Waals surface area contributed by atoms with Gasteiger partial charge in [-0.25, -0.2) is 4.79 Å². The van der Waals surface area contributed by atoms with Crippen LogP contribution in [0.3, 0.4) is 0 Å². The predicted molar refractivity (Wildman–Crippen MR) is 65.9 cm³/mol. The number of rotatable bonds is 6. The molecule has 0 aliphatic heterocycles. The van der Waals surface area contributed by atoms with Gasteiger partial charge in [0.05, 0.1) is 12.0 Å². The molecule has 0 aliphatic carbocycles. The van der Waals surface area contributed by atoms with E-state index in [4.69, 9.17) is 4.89 Å². The van der Waals surface area contributed by atoms with Gasteiger partial charge in [-0.05, 0) is 43.6 Å². The van der Waals surface area contributed by atoms with Crippen LogP contribution in [0.25, 0.3) is 0 Å². The summed E-state index contributed by atoms with van der Waals surface area (Å²) >= 11 is 0. The van der Waals surface area contributed by atoms with Crippen LogP contribution in [0.5, 0.6) is 0 Å². The van der Waals surface area contributed by atoms with Gasteiger partial charge in [-0.15, -0.1) is 0 Å². The molecule has 0 atom stereocenters. The average molecular weight is 246 g/mol.